The van der Waals surface area contributed by atoms with E-state index in [1.54, 1.807) is 7.05 Å². The number of nitrogens with zero attached hydrogens (tertiary/aromatic N) is 1. The van der Waals surface area contributed by atoms with Crippen LogP contribution in [0, 0.1) is 46.8 Å². The Kier molecular flexibility index (Phi) is 7.60. The topological polar surface area (TPSA) is 133 Å². The molecule has 8 heteroatoms. The number of benzene rings is 1. The molecule has 0 unspecified atom stereocenters. The number of rotatable bonds is 7. The second-order valence-electron chi connectivity index (χ2n) is 14.3. The normalized spacial score (nSPS) is 40.8. The summed E-state index contributed by atoms with van der Waals surface area (Å²) >= 11 is 0. The molecule has 0 aliphatic heterocycles. The van der Waals surface area contributed by atoms with Crippen LogP contribution >= 0.6 is 0 Å². The number of aromatic nitrogens is 1. The van der Waals surface area contributed by atoms with Gasteiger partial charge < -0.3 is 36.0 Å². The maximum atomic E-state index is 12.8. The van der Waals surface area contributed by atoms with Crippen molar-refractivity contribution >= 4 is 16.9 Å². The number of fused-ring (bicyclic) bond motifs is 2. The summed E-state index contributed by atoms with van der Waals surface area (Å²) in [5.74, 6) is 7.59. The smallest absolute Gasteiger partial charge is 0.191 e. The molecule has 4 saturated carbocycles. The van der Waals surface area contributed by atoms with Gasteiger partial charge in [0, 0.05) is 56.1 Å². The molecule has 4 fully saturated rings. The van der Waals surface area contributed by atoms with Crippen molar-refractivity contribution in [2.75, 3.05) is 20.2 Å². The van der Waals surface area contributed by atoms with Crippen molar-refractivity contribution in [2.24, 2.45) is 40.0 Å². The van der Waals surface area contributed by atoms with Gasteiger partial charge in [-0.25, -0.2) is 0 Å². The maximum Gasteiger partial charge on any atom is 0.191 e. The second-order valence-corrected chi connectivity index (χ2v) is 14.3. The fraction of sp³-hybridized carbons (Fsp3) is 0.639. The number of nitrogens with one attached hydrogen (secondary N) is 3. The summed E-state index contributed by atoms with van der Waals surface area (Å²) in [5.41, 5.74) is 0.674. The lowest BCUT2D eigenvalue weighted by Gasteiger charge is -2.57. The quantitative estimate of drug-likeness (QED) is 0.0858. The van der Waals surface area contributed by atoms with Crippen molar-refractivity contribution in [3.8, 4) is 11.8 Å². The second kappa shape index (κ2) is 11.2. The lowest BCUT2D eigenvalue weighted by Crippen LogP contribution is -2.56. The molecule has 7 N–H and O–H groups in total. The average Bonchev–Trinajstić information content (AvgIpc) is 3.50. The fourth-order valence-corrected chi connectivity index (χ4v) is 10.8. The van der Waals surface area contributed by atoms with Crippen LogP contribution in [0.1, 0.15) is 63.5 Å². The molecule has 0 amide bonds. The van der Waals surface area contributed by atoms with Crippen molar-refractivity contribution in [3.05, 3.63) is 48.2 Å². The SMILES string of the molecule is C=C(Cc1cc2ccccc2[nH]1)[C@]12CC#C[C@@H](NC(=NC)NCCCO)C[C@@]3(O)[C@H]4[C@H]1CC[C@@H]1[C@H]2CCC[C@]1(O)[C@H]4C[C@@H]3O. The van der Waals surface area contributed by atoms with Gasteiger partial charge in [0.05, 0.1) is 23.3 Å². The highest BCUT2D eigenvalue weighted by Crippen LogP contribution is 2.72. The highest BCUT2D eigenvalue weighted by Gasteiger charge is 2.73. The number of H-pyrrole nitrogens is 1. The van der Waals surface area contributed by atoms with Crippen molar-refractivity contribution in [1.82, 2.24) is 15.6 Å². The van der Waals surface area contributed by atoms with Gasteiger partial charge in [0.1, 0.15) is 0 Å². The van der Waals surface area contributed by atoms with E-state index in [2.05, 4.69) is 56.7 Å². The zero-order valence-corrected chi connectivity index (χ0v) is 25.9. The zero-order valence-electron chi connectivity index (χ0n) is 25.9. The molecule has 8 nitrogen and oxygen atoms in total. The molecule has 0 spiro atoms. The van der Waals surface area contributed by atoms with Crippen molar-refractivity contribution in [2.45, 2.75) is 87.6 Å². The molecular weight excluding hydrogens is 552 g/mol. The number of allylic oxidation sites excluding steroid dienone is 1. The summed E-state index contributed by atoms with van der Waals surface area (Å²) in [4.78, 5) is 7.98. The first kappa shape index (κ1) is 29.9. The van der Waals surface area contributed by atoms with E-state index in [9.17, 15) is 20.4 Å². The molecule has 10 atom stereocenters. The van der Waals surface area contributed by atoms with E-state index >= 15 is 0 Å². The summed E-state index contributed by atoms with van der Waals surface area (Å²) in [5, 5.41) is 54.2. The Hall–Kier alpha value is -2.83. The minimum Gasteiger partial charge on any atom is -0.396 e. The number of hydrogen-bond donors (Lipinski definition) is 7. The standard InChI is InChI=1S/C36H48N4O4/c1-22(18-25-19-23-8-3-4-11-30(23)39-25)34-14-5-9-24(40-33(37-2)38-16-7-17-41)21-36(44)31(42)20-29-32(36)28(34)13-12-27-26(34)10-6-15-35(27,29)43/h3-4,8,11,19,24,26-29,31-32,39,41-44H,1,6-7,10,12-18,20-21H2,2H3,(H2,37,38,40)/t24-,26-,27-,28-,29+,31+,32+,34+,35-,36+/m1/s1. The molecule has 6 bridgehead atoms. The number of aliphatic hydroxyl groups is 4. The van der Waals surface area contributed by atoms with E-state index in [0.29, 0.717) is 38.2 Å². The minimum atomic E-state index is -1.41. The first-order valence-electron chi connectivity index (χ1n) is 16.7. The Bertz CT molecular complexity index is 1480. The van der Waals surface area contributed by atoms with Gasteiger partial charge in [0.2, 0.25) is 0 Å². The summed E-state index contributed by atoms with van der Waals surface area (Å²) in [6, 6.07) is 10.1. The number of aromatic amines is 1. The van der Waals surface area contributed by atoms with Crippen LogP contribution < -0.4 is 10.6 Å². The van der Waals surface area contributed by atoms with Gasteiger partial charge in [-0.05, 0) is 85.6 Å². The Morgan fingerprint density at radius 1 is 1.11 bits per heavy atom. The molecule has 5 aliphatic carbocycles. The van der Waals surface area contributed by atoms with Gasteiger partial charge in [-0.3, -0.25) is 4.99 Å². The van der Waals surface area contributed by atoms with Gasteiger partial charge in [-0.2, -0.15) is 0 Å². The average molecular weight is 601 g/mol. The summed E-state index contributed by atoms with van der Waals surface area (Å²) in [6.45, 7) is 5.49. The maximum absolute atomic E-state index is 12.8. The van der Waals surface area contributed by atoms with E-state index < -0.39 is 23.3 Å². The highest BCUT2D eigenvalue weighted by atomic mass is 16.3. The third-order valence-electron chi connectivity index (χ3n) is 12.5. The van der Waals surface area contributed by atoms with E-state index in [4.69, 9.17) is 6.58 Å². The lowest BCUT2D eigenvalue weighted by atomic mass is 9.47. The van der Waals surface area contributed by atoms with Crippen LogP contribution in [-0.2, 0) is 6.42 Å². The van der Waals surface area contributed by atoms with Crippen LogP contribution in [0.3, 0.4) is 0 Å². The predicted molar refractivity (Wildman–Crippen MR) is 172 cm³/mol. The summed E-state index contributed by atoms with van der Waals surface area (Å²) in [6.07, 6.45) is 6.15. The van der Waals surface area contributed by atoms with E-state index in [1.165, 1.54) is 5.39 Å². The Balaban J connectivity index is 1.33. The number of hydrogen-bond acceptors (Lipinski definition) is 5. The van der Waals surface area contributed by atoms with Gasteiger partial charge in [-0.15, -0.1) is 5.92 Å². The number of aliphatic imine (C=N–C) groups is 1. The van der Waals surface area contributed by atoms with E-state index in [0.717, 1.165) is 48.9 Å². The zero-order chi connectivity index (χ0) is 30.7. The van der Waals surface area contributed by atoms with Crippen LogP contribution in [0.15, 0.2) is 47.5 Å². The Morgan fingerprint density at radius 3 is 2.73 bits per heavy atom. The van der Waals surface area contributed by atoms with Gasteiger partial charge in [0.15, 0.2) is 5.96 Å². The number of para-hydroxylation sites is 1. The van der Waals surface area contributed by atoms with Crippen molar-refractivity contribution in [3.63, 3.8) is 0 Å². The number of aliphatic hydroxyl groups excluding tert-OH is 2. The van der Waals surface area contributed by atoms with Crippen LogP contribution in [0.4, 0.5) is 0 Å². The molecule has 0 saturated heterocycles. The molecule has 0 radical (unpaired) electrons. The monoisotopic (exact) mass is 600 g/mol. The van der Waals surface area contributed by atoms with Crippen molar-refractivity contribution in [1.29, 1.82) is 0 Å². The van der Waals surface area contributed by atoms with Gasteiger partial charge >= 0.3 is 0 Å². The molecule has 7 rings (SSSR count). The molecule has 2 aromatic rings. The molecular formula is C36H48N4O4. The number of guanidine groups is 1. The van der Waals surface area contributed by atoms with Crippen LogP contribution in [0.25, 0.3) is 10.9 Å². The molecule has 1 aromatic carbocycles. The molecule has 5 aliphatic rings. The molecule has 1 aromatic heterocycles. The Labute approximate surface area is 260 Å². The molecule has 236 valence electrons. The first-order valence-corrected chi connectivity index (χ1v) is 16.7. The first-order chi connectivity index (χ1) is 21.2. The van der Waals surface area contributed by atoms with E-state index in [-0.39, 0.29) is 48.0 Å². The van der Waals surface area contributed by atoms with Crippen molar-refractivity contribution < 1.29 is 20.4 Å². The summed E-state index contributed by atoms with van der Waals surface area (Å²) in [7, 11) is 1.70. The molecule has 44 heavy (non-hydrogen) atoms. The third-order valence-corrected chi connectivity index (χ3v) is 12.5. The summed E-state index contributed by atoms with van der Waals surface area (Å²) < 4.78 is 0. The van der Waals surface area contributed by atoms with Gasteiger partial charge in [0.25, 0.3) is 0 Å². The molecule has 1 heterocycles. The van der Waals surface area contributed by atoms with Gasteiger partial charge in [-0.1, -0.05) is 42.7 Å². The lowest BCUT2D eigenvalue weighted by molar-refractivity contribution is -0.135. The van der Waals surface area contributed by atoms with E-state index in [1.807, 2.05) is 6.07 Å². The third kappa shape index (κ3) is 4.46. The predicted octanol–water partition coefficient (Wildman–Crippen LogP) is 3.27. The minimum absolute atomic E-state index is 0.0648. The fourth-order valence-electron chi connectivity index (χ4n) is 10.8. The largest absolute Gasteiger partial charge is 0.396 e. The Morgan fingerprint density at radius 2 is 1.93 bits per heavy atom. The van der Waals surface area contributed by atoms with Crippen LogP contribution in [-0.4, -0.2) is 74.9 Å². The highest BCUT2D eigenvalue weighted by molar-refractivity contribution is 5.81. The van der Waals surface area contributed by atoms with Crippen LogP contribution in [0.2, 0.25) is 0 Å². The van der Waals surface area contributed by atoms with Crippen LogP contribution in [0.5, 0.6) is 0 Å².